The lowest BCUT2D eigenvalue weighted by Crippen LogP contribution is -2.40. The number of aliphatic imine (C=N–C) groups is 1. The second-order valence-electron chi connectivity index (χ2n) is 4.42. The Hall–Kier alpha value is -1.29. The van der Waals surface area contributed by atoms with Crippen molar-refractivity contribution in [3.8, 4) is 0 Å². The Morgan fingerprint density at radius 2 is 2.12 bits per heavy atom. The molecule has 3 rings (SSSR count). The summed E-state index contributed by atoms with van der Waals surface area (Å²) in [6, 6.07) is 10.4. The van der Waals surface area contributed by atoms with Crippen molar-refractivity contribution in [3.05, 3.63) is 35.9 Å². The van der Waals surface area contributed by atoms with E-state index in [1.165, 1.54) is 5.56 Å². The fraction of sp³-hybridized carbons (Fsp3) is 0.385. The number of amides is 1. The molecule has 1 aromatic rings. The first-order valence-corrected chi connectivity index (χ1v) is 6.83. The van der Waals surface area contributed by atoms with E-state index in [1.54, 1.807) is 11.8 Å². The molecule has 0 unspecified atom stereocenters. The van der Waals surface area contributed by atoms with Gasteiger partial charge in [0.1, 0.15) is 0 Å². The van der Waals surface area contributed by atoms with E-state index < -0.39 is 0 Å². The molecule has 2 heterocycles. The van der Waals surface area contributed by atoms with E-state index in [2.05, 4.69) is 22.0 Å². The molecule has 0 saturated carbocycles. The number of hydrogen-bond acceptors (Lipinski definition) is 3. The summed E-state index contributed by atoms with van der Waals surface area (Å²) >= 11 is 1.69. The maximum atomic E-state index is 11.9. The number of hydrogen-bond donors (Lipinski definition) is 0. The topological polar surface area (TPSA) is 32.7 Å². The Balaban J connectivity index is 2.03. The molecule has 0 spiro atoms. The number of thioether (sulfide) groups is 1. The highest BCUT2D eigenvalue weighted by atomic mass is 32.2. The molecule has 1 saturated heterocycles. The van der Waals surface area contributed by atoms with Crippen molar-refractivity contribution in [2.45, 2.75) is 13.0 Å². The second kappa shape index (κ2) is 4.18. The van der Waals surface area contributed by atoms with Crippen molar-refractivity contribution < 1.29 is 4.79 Å². The quantitative estimate of drug-likeness (QED) is 0.762. The van der Waals surface area contributed by atoms with Gasteiger partial charge in [-0.05, 0) is 5.56 Å². The van der Waals surface area contributed by atoms with Gasteiger partial charge in [0.05, 0.1) is 12.0 Å². The first-order chi connectivity index (χ1) is 8.27. The van der Waals surface area contributed by atoms with Gasteiger partial charge in [-0.3, -0.25) is 4.79 Å². The van der Waals surface area contributed by atoms with Crippen LogP contribution in [0.4, 0.5) is 0 Å². The number of carbonyl (C=O) groups excluding carboxylic acids is 1. The minimum atomic E-state index is -0.0557. The van der Waals surface area contributed by atoms with Crippen LogP contribution in [-0.2, 0) is 4.79 Å². The third-order valence-electron chi connectivity index (χ3n) is 3.35. The molecular weight excluding hydrogens is 232 g/mol. The zero-order valence-electron chi connectivity index (χ0n) is 9.67. The first-order valence-electron chi connectivity index (χ1n) is 5.84. The van der Waals surface area contributed by atoms with Crippen LogP contribution in [-0.4, -0.2) is 28.3 Å². The lowest BCUT2D eigenvalue weighted by molar-refractivity contribution is -0.123. The average molecular weight is 246 g/mol. The Bertz CT molecular complexity index is 472. The van der Waals surface area contributed by atoms with Crippen LogP contribution >= 0.6 is 11.8 Å². The van der Waals surface area contributed by atoms with Crippen molar-refractivity contribution in [2.24, 2.45) is 10.9 Å². The lowest BCUT2D eigenvalue weighted by atomic mass is 9.91. The highest BCUT2D eigenvalue weighted by Crippen LogP contribution is 2.38. The Morgan fingerprint density at radius 3 is 2.88 bits per heavy atom. The number of fused-ring (bicyclic) bond motifs is 1. The standard InChI is InChI=1S/C13H14N2OS/c1-9-11(10-5-3-2-4-6-10)15-7-8-17-13(15)14-12(9)16/h2-6,9,11H,7-8H2,1H3/t9-,11-/m0/s1. The number of benzene rings is 1. The van der Waals surface area contributed by atoms with Crippen molar-refractivity contribution in [2.75, 3.05) is 12.3 Å². The molecule has 3 nitrogen and oxygen atoms in total. The van der Waals surface area contributed by atoms with E-state index in [0.717, 1.165) is 17.5 Å². The summed E-state index contributed by atoms with van der Waals surface area (Å²) in [7, 11) is 0. The predicted molar refractivity (Wildman–Crippen MR) is 70.0 cm³/mol. The van der Waals surface area contributed by atoms with E-state index in [4.69, 9.17) is 0 Å². The third kappa shape index (κ3) is 1.76. The monoisotopic (exact) mass is 246 g/mol. The van der Waals surface area contributed by atoms with E-state index in [9.17, 15) is 4.79 Å². The fourth-order valence-corrected chi connectivity index (χ4v) is 3.48. The minimum absolute atomic E-state index is 0.0134. The molecule has 0 aliphatic carbocycles. The van der Waals surface area contributed by atoms with Crippen molar-refractivity contribution in [1.82, 2.24) is 4.90 Å². The van der Waals surface area contributed by atoms with Gasteiger partial charge < -0.3 is 4.90 Å². The van der Waals surface area contributed by atoms with Crippen molar-refractivity contribution in [1.29, 1.82) is 0 Å². The molecule has 2 aliphatic rings. The van der Waals surface area contributed by atoms with Crippen LogP contribution in [0.25, 0.3) is 0 Å². The third-order valence-corrected chi connectivity index (χ3v) is 4.33. The van der Waals surface area contributed by atoms with Crippen LogP contribution in [0, 0.1) is 5.92 Å². The zero-order chi connectivity index (χ0) is 11.8. The predicted octanol–water partition coefficient (Wildman–Crippen LogP) is 2.31. The number of amidine groups is 1. The molecule has 0 radical (unpaired) electrons. The summed E-state index contributed by atoms with van der Waals surface area (Å²) in [5.74, 6) is 0.988. The summed E-state index contributed by atoms with van der Waals surface area (Å²) in [5.41, 5.74) is 1.21. The van der Waals surface area contributed by atoms with Crippen molar-refractivity contribution in [3.63, 3.8) is 0 Å². The number of rotatable bonds is 1. The summed E-state index contributed by atoms with van der Waals surface area (Å²) in [4.78, 5) is 18.3. The molecule has 0 aromatic heterocycles. The molecule has 2 atom stereocenters. The molecule has 0 N–H and O–H groups in total. The number of nitrogens with zero attached hydrogens (tertiary/aromatic N) is 2. The van der Waals surface area contributed by atoms with E-state index in [1.807, 2.05) is 25.1 Å². The average Bonchev–Trinajstić information content (AvgIpc) is 2.79. The Kier molecular flexibility index (Phi) is 2.67. The maximum absolute atomic E-state index is 11.9. The minimum Gasteiger partial charge on any atom is -0.342 e. The fourth-order valence-electron chi connectivity index (χ4n) is 2.49. The van der Waals surface area contributed by atoms with Crippen LogP contribution in [0.5, 0.6) is 0 Å². The van der Waals surface area contributed by atoms with Crippen LogP contribution in [0.2, 0.25) is 0 Å². The molecule has 1 aromatic carbocycles. The van der Waals surface area contributed by atoms with Gasteiger partial charge >= 0.3 is 0 Å². The van der Waals surface area contributed by atoms with Crippen molar-refractivity contribution >= 4 is 22.8 Å². The van der Waals surface area contributed by atoms with Gasteiger partial charge in [-0.2, -0.15) is 4.99 Å². The normalized spacial score (nSPS) is 27.9. The number of carbonyl (C=O) groups is 1. The van der Waals surface area contributed by atoms with E-state index in [0.29, 0.717) is 0 Å². The molecule has 88 valence electrons. The molecule has 1 fully saturated rings. The molecule has 17 heavy (non-hydrogen) atoms. The maximum Gasteiger partial charge on any atom is 0.253 e. The van der Waals surface area contributed by atoms with Gasteiger partial charge in [-0.1, -0.05) is 49.0 Å². The summed E-state index contributed by atoms with van der Waals surface area (Å²) in [5, 5.41) is 0.905. The second-order valence-corrected chi connectivity index (χ2v) is 5.48. The lowest BCUT2D eigenvalue weighted by Gasteiger charge is -2.35. The smallest absolute Gasteiger partial charge is 0.253 e. The van der Waals surface area contributed by atoms with Gasteiger partial charge in [0.25, 0.3) is 5.91 Å². The SMILES string of the molecule is C[C@@H]1C(=O)N=C2SCCN2[C@@H]1c1ccccc1. The van der Waals surface area contributed by atoms with E-state index in [-0.39, 0.29) is 17.9 Å². The first kappa shape index (κ1) is 10.8. The van der Waals surface area contributed by atoms with Crippen LogP contribution in [0.3, 0.4) is 0 Å². The van der Waals surface area contributed by atoms with Gasteiger partial charge in [-0.15, -0.1) is 0 Å². The van der Waals surface area contributed by atoms with E-state index >= 15 is 0 Å². The Morgan fingerprint density at radius 1 is 1.35 bits per heavy atom. The highest BCUT2D eigenvalue weighted by molar-refractivity contribution is 8.14. The van der Waals surface area contributed by atoms with Gasteiger partial charge in [-0.25, -0.2) is 0 Å². The van der Waals surface area contributed by atoms with Gasteiger partial charge in [0, 0.05) is 12.3 Å². The molecule has 2 aliphatic heterocycles. The van der Waals surface area contributed by atoms with Crippen LogP contribution in [0.1, 0.15) is 18.5 Å². The molecular formula is C13H14N2OS. The van der Waals surface area contributed by atoms with Gasteiger partial charge in [0.15, 0.2) is 5.17 Å². The molecule has 0 bridgehead atoms. The summed E-state index contributed by atoms with van der Waals surface area (Å²) in [6.45, 7) is 2.96. The van der Waals surface area contributed by atoms with Gasteiger partial charge in [0.2, 0.25) is 0 Å². The molecule has 4 heteroatoms. The molecule has 1 amide bonds. The zero-order valence-corrected chi connectivity index (χ0v) is 10.5. The largest absolute Gasteiger partial charge is 0.342 e. The Labute approximate surface area is 105 Å². The highest BCUT2D eigenvalue weighted by Gasteiger charge is 2.39. The van der Waals surface area contributed by atoms with Crippen LogP contribution in [0.15, 0.2) is 35.3 Å². The van der Waals surface area contributed by atoms with Crippen LogP contribution < -0.4 is 0 Å². The summed E-state index contributed by atoms with van der Waals surface area (Å²) in [6.07, 6.45) is 0. The summed E-state index contributed by atoms with van der Waals surface area (Å²) < 4.78 is 0.